The molecule has 2 aromatic rings. The average Bonchev–Trinajstić information content (AvgIpc) is 3.21. The average molecular weight is 304 g/mol. The van der Waals surface area contributed by atoms with Gasteiger partial charge in [0.15, 0.2) is 0 Å². The lowest BCUT2D eigenvalue weighted by atomic mass is 10.1. The summed E-state index contributed by atoms with van der Waals surface area (Å²) >= 11 is 3.44. The summed E-state index contributed by atoms with van der Waals surface area (Å²) < 4.78 is 1.07. The Balaban J connectivity index is 1.98. The zero-order valence-corrected chi connectivity index (χ0v) is 11.5. The highest BCUT2D eigenvalue weighted by Crippen LogP contribution is 2.45. The molecule has 3 nitrogen and oxygen atoms in total. The number of nitrogens with zero attached hydrogens (tertiary/aromatic N) is 2. The first kappa shape index (κ1) is 11.8. The molecular formula is C14H14BrN3. The molecule has 0 spiro atoms. The highest BCUT2D eigenvalue weighted by molar-refractivity contribution is 9.10. The topological polar surface area (TPSA) is 51.8 Å². The summed E-state index contributed by atoms with van der Waals surface area (Å²) in [6.07, 6.45) is 4.04. The number of benzene rings is 1. The van der Waals surface area contributed by atoms with E-state index in [1.54, 1.807) is 0 Å². The summed E-state index contributed by atoms with van der Waals surface area (Å²) in [7, 11) is 0. The van der Waals surface area contributed by atoms with Crippen LogP contribution < -0.4 is 5.73 Å². The lowest BCUT2D eigenvalue weighted by Gasteiger charge is -2.11. The molecule has 2 N–H and O–H groups in total. The highest BCUT2D eigenvalue weighted by Gasteiger charge is 2.45. The van der Waals surface area contributed by atoms with Crippen LogP contribution in [0.25, 0.3) is 11.3 Å². The molecule has 1 aromatic heterocycles. The Morgan fingerprint density at radius 3 is 2.50 bits per heavy atom. The normalized spacial score (nSPS) is 16.6. The maximum Gasteiger partial charge on any atom is 0.136 e. The number of aromatic nitrogens is 2. The van der Waals surface area contributed by atoms with Crippen molar-refractivity contribution in [3.8, 4) is 11.3 Å². The van der Waals surface area contributed by atoms with Gasteiger partial charge in [-0.1, -0.05) is 28.1 Å². The van der Waals surface area contributed by atoms with Crippen LogP contribution in [0.5, 0.6) is 0 Å². The van der Waals surface area contributed by atoms with Crippen LogP contribution in [0, 0.1) is 0 Å². The number of nitrogens with two attached hydrogens (primary N) is 1. The van der Waals surface area contributed by atoms with Gasteiger partial charge in [-0.3, -0.25) is 0 Å². The van der Waals surface area contributed by atoms with E-state index in [1.165, 1.54) is 0 Å². The smallest absolute Gasteiger partial charge is 0.136 e. The van der Waals surface area contributed by atoms with Crippen LogP contribution in [0.1, 0.15) is 18.7 Å². The van der Waals surface area contributed by atoms with E-state index in [4.69, 9.17) is 5.73 Å². The van der Waals surface area contributed by atoms with Crippen molar-refractivity contribution >= 4 is 15.9 Å². The van der Waals surface area contributed by atoms with Gasteiger partial charge < -0.3 is 5.73 Å². The van der Waals surface area contributed by atoms with E-state index in [0.717, 1.165) is 34.4 Å². The van der Waals surface area contributed by atoms with Crippen LogP contribution in [0.15, 0.2) is 41.0 Å². The van der Waals surface area contributed by atoms with Crippen LogP contribution >= 0.6 is 15.9 Å². The molecule has 1 heterocycles. The van der Waals surface area contributed by atoms with Crippen molar-refractivity contribution in [2.45, 2.75) is 18.3 Å². The van der Waals surface area contributed by atoms with Crippen molar-refractivity contribution in [1.29, 1.82) is 0 Å². The molecule has 92 valence electrons. The van der Waals surface area contributed by atoms with Crippen molar-refractivity contribution in [3.05, 3.63) is 46.8 Å². The van der Waals surface area contributed by atoms with Gasteiger partial charge in [0.25, 0.3) is 0 Å². The molecule has 18 heavy (non-hydrogen) atoms. The summed E-state index contributed by atoms with van der Waals surface area (Å²) in [4.78, 5) is 9.06. The van der Waals surface area contributed by atoms with Crippen LogP contribution in [0.3, 0.4) is 0 Å². The largest absolute Gasteiger partial charge is 0.329 e. The van der Waals surface area contributed by atoms with Gasteiger partial charge in [0, 0.05) is 28.2 Å². The third-order valence-electron chi connectivity index (χ3n) is 3.51. The molecule has 0 unspecified atom stereocenters. The van der Waals surface area contributed by atoms with Crippen molar-refractivity contribution in [1.82, 2.24) is 9.97 Å². The Kier molecular flexibility index (Phi) is 2.92. The van der Waals surface area contributed by atoms with Crippen LogP contribution in [0.4, 0.5) is 0 Å². The van der Waals surface area contributed by atoms with E-state index in [2.05, 4.69) is 38.0 Å². The zero-order valence-electron chi connectivity index (χ0n) is 9.94. The van der Waals surface area contributed by atoms with Gasteiger partial charge in [-0.05, 0) is 31.0 Å². The van der Waals surface area contributed by atoms with Gasteiger partial charge in [-0.2, -0.15) is 0 Å². The minimum atomic E-state index is 0.0470. The fraction of sp³-hybridized carbons (Fsp3) is 0.286. The summed E-state index contributed by atoms with van der Waals surface area (Å²) in [5.74, 6) is 0.894. The minimum Gasteiger partial charge on any atom is -0.329 e. The standard InChI is InChI=1S/C14H14BrN3/c15-11-3-1-10(2-4-11)12-5-8-17-13(18-12)14(9-16)6-7-14/h1-5,8H,6-7,9,16H2. The second-order valence-electron chi connectivity index (χ2n) is 4.76. The van der Waals surface area contributed by atoms with Crippen LogP contribution in [-0.2, 0) is 5.41 Å². The van der Waals surface area contributed by atoms with Gasteiger partial charge in [0.1, 0.15) is 5.82 Å². The van der Waals surface area contributed by atoms with Gasteiger partial charge >= 0.3 is 0 Å². The van der Waals surface area contributed by atoms with Crippen molar-refractivity contribution in [2.24, 2.45) is 5.73 Å². The van der Waals surface area contributed by atoms with Gasteiger partial charge in [-0.25, -0.2) is 9.97 Å². The molecule has 3 rings (SSSR count). The van der Waals surface area contributed by atoms with E-state index in [1.807, 2.05) is 24.4 Å². The van der Waals surface area contributed by atoms with Crippen molar-refractivity contribution in [3.63, 3.8) is 0 Å². The molecular weight excluding hydrogens is 290 g/mol. The van der Waals surface area contributed by atoms with E-state index >= 15 is 0 Å². The summed E-state index contributed by atoms with van der Waals surface area (Å²) in [5, 5.41) is 0. The van der Waals surface area contributed by atoms with Gasteiger partial charge in [0.2, 0.25) is 0 Å². The molecule has 0 atom stereocenters. The molecule has 0 amide bonds. The second-order valence-corrected chi connectivity index (χ2v) is 5.67. The van der Waals surface area contributed by atoms with Crippen molar-refractivity contribution < 1.29 is 0 Å². The molecule has 0 bridgehead atoms. The Hall–Kier alpha value is -1.26. The summed E-state index contributed by atoms with van der Waals surface area (Å²) in [5.41, 5.74) is 7.94. The first-order valence-corrected chi connectivity index (χ1v) is 6.82. The Morgan fingerprint density at radius 2 is 1.89 bits per heavy atom. The minimum absolute atomic E-state index is 0.0470. The Morgan fingerprint density at radius 1 is 1.17 bits per heavy atom. The number of halogens is 1. The van der Waals surface area contributed by atoms with Crippen molar-refractivity contribution in [2.75, 3.05) is 6.54 Å². The monoisotopic (exact) mass is 303 g/mol. The highest BCUT2D eigenvalue weighted by atomic mass is 79.9. The number of rotatable bonds is 3. The molecule has 1 saturated carbocycles. The quantitative estimate of drug-likeness (QED) is 0.948. The third-order valence-corrected chi connectivity index (χ3v) is 4.04. The molecule has 0 aliphatic heterocycles. The lowest BCUT2D eigenvalue weighted by Crippen LogP contribution is -2.22. The Labute approximate surface area is 115 Å². The molecule has 0 saturated heterocycles. The van der Waals surface area contributed by atoms with Crippen LogP contribution in [-0.4, -0.2) is 16.5 Å². The lowest BCUT2D eigenvalue weighted by molar-refractivity contribution is 0.649. The van der Waals surface area contributed by atoms with Gasteiger partial charge in [0.05, 0.1) is 5.69 Å². The first-order valence-electron chi connectivity index (χ1n) is 6.03. The van der Waals surface area contributed by atoms with E-state index in [9.17, 15) is 0 Å². The molecule has 0 radical (unpaired) electrons. The molecule has 1 aliphatic rings. The third kappa shape index (κ3) is 2.06. The summed E-state index contributed by atoms with van der Waals surface area (Å²) in [6.45, 7) is 0.636. The number of hydrogen-bond donors (Lipinski definition) is 1. The fourth-order valence-corrected chi connectivity index (χ4v) is 2.33. The fourth-order valence-electron chi connectivity index (χ4n) is 2.07. The van der Waals surface area contributed by atoms with Crippen LogP contribution in [0.2, 0.25) is 0 Å². The maximum atomic E-state index is 5.82. The molecule has 1 aromatic carbocycles. The molecule has 4 heteroatoms. The Bertz CT molecular complexity index is 562. The predicted octanol–water partition coefficient (Wildman–Crippen LogP) is 2.90. The number of hydrogen-bond acceptors (Lipinski definition) is 3. The summed E-state index contributed by atoms with van der Waals surface area (Å²) in [6, 6.07) is 10.1. The SMILES string of the molecule is NCC1(c2nccc(-c3ccc(Br)cc3)n2)CC1. The van der Waals surface area contributed by atoms with E-state index < -0.39 is 0 Å². The molecule has 1 fully saturated rings. The molecule has 1 aliphatic carbocycles. The zero-order chi connectivity index (χ0) is 12.6. The van der Waals surface area contributed by atoms with E-state index in [0.29, 0.717) is 6.54 Å². The maximum absolute atomic E-state index is 5.82. The predicted molar refractivity (Wildman–Crippen MR) is 75.1 cm³/mol. The van der Waals surface area contributed by atoms with E-state index in [-0.39, 0.29) is 5.41 Å². The second kappa shape index (κ2) is 4.44. The van der Waals surface area contributed by atoms with Gasteiger partial charge in [-0.15, -0.1) is 0 Å². The first-order chi connectivity index (χ1) is 8.73.